The van der Waals surface area contributed by atoms with Crippen molar-refractivity contribution in [3.8, 4) is 0 Å². The molecule has 0 saturated carbocycles. The molecule has 0 aliphatic carbocycles. The number of hydrogen-bond acceptors (Lipinski definition) is 7. The number of fused-ring (bicyclic) bond motifs is 1. The molecular weight excluding hydrogens is 343 g/mol. The number of nitrogens with zero attached hydrogens (tertiary/aromatic N) is 5. The van der Waals surface area contributed by atoms with E-state index in [0.717, 1.165) is 52.8 Å². The molecule has 1 aromatic carbocycles. The first-order chi connectivity index (χ1) is 12.6. The van der Waals surface area contributed by atoms with Gasteiger partial charge in [-0.15, -0.1) is 12.6 Å². The fourth-order valence-corrected chi connectivity index (χ4v) is 3.36. The maximum atomic E-state index is 5.93. The van der Waals surface area contributed by atoms with Crippen LogP contribution in [0.25, 0.3) is 10.9 Å². The Labute approximate surface area is 159 Å². The molecule has 1 atom stereocenters. The van der Waals surface area contributed by atoms with Gasteiger partial charge in [-0.1, -0.05) is 0 Å². The van der Waals surface area contributed by atoms with Gasteiger partial charge in [0.1, 0.15) is 18.0 Å². The summed E-state index contributed by atoms with van der Waals surface area (Å²) in [5.41, 5.74) is 1.76. The van der Waals surface area contributed by atoms with Gasteiger partial charge in [-0.05, 0) is 37.3 Å². The zero-order chi connectivity index (χ0) is 18.1. The number of rotatable bonds is 3. The Morgan fingerprint density at radius 3 is 2.73 bits per heavy atom. The van der Waals surface area contributed by atoms with E-state index in [9.17, 15) is 0 Å². The van der Waals surface area contributed by atoms with E-state index in [2.05, 4.69) is 44.7 Å². The Hall–Kier alpha value is -2.32. The largest absolute Gasteiger partial charge is 0.351 e. The highest BCUT2D eigenvalue weighted by molar-refractivity contribution is 7.80. The number of thiol groups is 1. The molecule has 1 saturated heterocycles. The third kappa shape index (κ3) is 3.47. The summed E-state index contributed by atoms with van der Waals surface area (Å²) in [4.78, 5) is 18.4. The van der Waals surface area contributed by atoms with Gasteiger partial charge in [0.15, 0.2) is 7.98 Å². The number of benzene rings is 1. The fraction of sp³-hybridized carbons (Fsp3) is 0.278. The topological polar surface area (TPSA) is 57.2 Å². The third-order valence-corrected chi connectivity index (χ3v) is 4.89. The van der Waals surface area contributed by atoms with Crippen molar-refractivity contribution >= 4 is 48.8 Å². The molecule has 4 rings (SSSR count). The summed E-state index contributed by atoms with van der Waals surface area (Å²) in [6.45, 7) is 4.63. The van der Waals surface area contributed by atoms with Gasteiger partial charge in [-0.3, -0.25) is 0 Å². The van der Waals surface area contributed by atoms with Crippen LogP contribution in [-0.2, 0) is 0 Å². The van der Waals surface area contributed by atoms with Crippen LogP contribution in [0.3, 0.4) is 0 Å². The number of piperazine rings is 1. The summed E-state index contributed by atoms with van der Waals surface area (Å²) < 4.78 is 0. The summed E-state index contributed by atoms with van der Waals surface area (Å²) in [6.07, 6.45) is 3.35. The molecule has 26 heavy (non-hydrogen) atoms. The van der Waals surface area contributed by atoms with Crippen molar-refractivity contribution in [3.05, 3.63) is 42.9 Å². The Kier molecular flexibility index (Phi) is 4.69. The molecular formula is C18H19BN6S. The van der Waals surface area contributed by atoms with Crippen molar-refractivity contribution in [2.24, 2.45) is 0 Å². The van der Waals surface area contributed by atoms with Crippen LogP contribution in [0.2, 0.25) is 0 Å². The summed E-state index contributed by atoms with van der Waals surface area (Å²) in [5.74, 6) is 1.68. The molecule has 0 spiro atoms. The van der Waals surface area contributed by atoms with Crippen molar-refractivity contribution in [1.29, 1.82) is 0 Å². The maximum absolute atomic E-state index is 5.93. The minimum absolute atomic E-state index is 0.294. The zero-order valence-electron chi connectivity index (χ0n) is 14.5. The van der Waals surface area contributed by atoms with Crippen LogP contribution >= 0.6 is 12.6 Å². The van der Waals surface area contributed by atoms with E-state index < -0.39 is 0 Å². The second-order valence-electron chi connectivity index (χ2n) is 6.49. The lowest BCUT2D eigenvalue weighted by Crippen LogP contribution is -2.51. The lowest BCUT2D eigenvalue weighted by atomic mass is 10.1. The van der Waals surface area contributed by atoms with Crippen LogP contribution in [0.1, 0.15) is 6.92 Å². The summed E-state index contributed by atoms with van der Waals surface area (Å²) >= 11 is 4.32. The maximum Gasteiger partial charge on any atom is 0.182 e. The number of pyridine rings is 1. The Balaban J connectivity index is 1.69. The predicted octanol–water partition coefficient (Wildman–Crippen LogP) is 2.65. The quantitative estimate of drug-likeness (QED) is 0.552. The van der Waals surface area contributed by atoms with Crippen LogP contribution in [0.4, 0.5) is 17.3 Å². The van der Waals surface area contributed by atoms with Crippen molar-refractivity contribution < 1.29 is 0 Å². The first kappa shape index (κ1) is 17.1. The van der Waals surface area contributed by atoms with Gasteiger partial charge in [0.25, 0.3) is 0 Å². The smallest absolute Gasteiger partial charge is 0.182 e. The molecule has 8 heteroatoms. The molecule has 1 aliphatic rings. The van der Waals surface area contributed by atoms with E-state index in [-0.39, 0.29) is 0 Å². The lowest BCUT2D eigenvalue weighted by molar-refractivity contribution is 0.360. The normalized spacial score (nSPS) is 18.2. The molecule has 1 unspecified atom stereocenters. The molecule has 130 valence electrons. The van der Waals surface area contributed by atoms with Gasteiger partial charge in [-0.25, -0.2) is 15.0 Å². The van der Waals surface area contributed by atoms with E-state index in [1.807, 2.05) is 35.1 Å². The number of hydrogen-bond donors (Lipinski definition) is 2. The van der Waals surface area contributed by atoms with Crippen molar-refractivity contribution in [2.75, 3.05) is 29.9 Å². The highest BCUT2D eigenvalue weighted by Crippen LogP contribution is 2.27. The average Bonchev–Trinajstić information content (AvgIpc) is 2.64. The average molecular weight is 362 g/mol. The zero-order valence-corrected chi connectivity index (χ0v) is 15.4. The van der Waals surface area contributed by atoms with Gasteiger partial charge in [0.05, 0.1) is 11.7 Å². The van der Waals surface area contributed by atoms with Crippen LogP contribution in [-0.4, -0.2) is 53.4 Å². The van der Waals surface area contributed by atoms with E-state index in [0.29, 0.717) is 6.04 Å². The Morgan fingerprint density at radius 2 is 1.96 bits per heavy atom. The van der Waals surface area contributed by atoms with E-state index in [1.54, 1.807) is 12.5 Å². The van der Waals surface area contributed by atoms with Crippen molar-refractivity contribution in [3.63, 3.8) is 0 Å². The molecule has 6 nitrogen and oxygen atoms in total. The van der Waals surface area contributed by atoms with Gasteiger partial charge in [0.2, 0.25) is 0 Å². The number of anilines is 3. The first-order valence-electron chi connectivity index (χ1n) is 8.53. The first-order valence-corrected chi connectivity index (χ1v) is 8.98. The SMILES string of the molecule is [B]N1CCN(c2cc3c(Nc4ccc(S)cc4)ncnc3cn2)C(C)C1. The summed E-state index contributed by atoms with van der Waals surface area (Å²) in [5, 5.41) is 4.30. The van der Waals surface area contributed by atoms with Crippen LogP contribution < -0.4 is 10.2 Å². The highest BCUT2D eigenvalue weighted by atomic mass is 32.1. The molecule has 2 aromatic heterocycles. The standard InChI is InChI=1S/C18H19BN6S/c1-12-10-24(19)6-7-25(12)17-8-15-16(9-20-17)21-11-22-18(15)23-13-2-4-14(26)5-3-13/h2-5,8-9,11-12,26H,6-7,10H2,1H3,(H,21,22,23). The van der Waals surface area contributed by atoms with E-state index in [4.69, 9.17) is 7.98 Å². The molecule has 1 fully saturated rings. The lowest BCUT2D eigenvalue weighted by Gasteiger charge is -2.39. The molecule has 3 heterocycles. The number of nitrogens with one attached hydrogen (secondary N) is 1. The Bertz CT molecular complexity index is 919. The minimum atomic E-state index is 0.294. The van der Waals surface area contributed by atoms with Gasteiger partial charge in [0, 0.05) is 41.6 Å². The molecule has 2 radical (unpaired) electrons. The predicted molar refractivity (Wildman–Crippen MR) is 108 cm³/mol. The third-order valence-electron chi connectivity index (χ3n) is 4.59. The van der Waals surface area contributed by atoms with Crippen molar-refractivity contribution in [2.45, 2.75) is 17.9 Å². The van der Waals surface area contributed by atoms with Crippen LogP contribution in [0, 0.1) is 0 Å². The highest BCUT2D eigenvalue weighted by Gasteiger charge is 2.22. The van der Waals surface area contributed by atoms with Gasteiger partial charge < -0.3 is 15.0 Å². The van der Waals surface area contributed by atoms with E-state index in [1.165, 1.54) is 0 Å². The Morgan fingerprint density at radius 1 is 1.15 bits per heavy atom. The molecule has 1 N–H and O–H groups in total. The van der Waals surface area contributed by atoms with Gasteiger partial charge >= 0.3 is 0 Å². The second kappa shape index (κ2) is 7.13. The minimum Gasteiger partial charge on any atom is -0.351 e. The van der Waals surface area contributed by atoms with Crippen molar-refractivity contribution in [1.82, 2.24) is 19.8 Å². The van der Waals surface area contributed by atoms with E-state index >= 15 is 0 Å². The molecule has 0 bridgehead atoms. The molecule has 3 aromatic rings. The fourth-order valence-electron chi connectivity index (χ4n) is 3.21. The second-order valence-corrected chi connectivity index (χ2v) is 7.01. The monoisotopic (exact) mass is 362 g/mol. The molecule has 1 aliphatic heterocycles. The van der Waals surface area contributed by atoms with Gasteiger partial charge in [-0.2, -0.15) is 0 Å². The summed E-state index contributed by atoms with van der Waals surface area (Å²) in [7, 11) is 5.93. The number of aromatic nitrogens is 3. The summed E-state index contributed by atoms with van der Waals surface area (Å²) in [6, 6.07) is 10.2. The molecule has 0 amide bonds. The van der Waals surface area contributed by atoms with Crippen LogP contribution in [0.15, 0.2) is 47.8 Å². The van der Waals surface area contributed by atoms with Crippen LogP contribution in [0.5, 0.6) is 0 Å².